The summed E-state index contributed by atoms with van der Waals surface area (Å²) in [5.74, 6) is -0.0737. The van der Waals surface area contributed by atoms with Gasteiger partial charge in [-0.05, 0) is 44.9 Å². The summed E-state index contributed by atoms with van der Waals surface area (Å²) in [6, 6.07) is -0.643. The van der Waals surface area contributed by atoms with Crippen LogP contribution in [0.15, 0.2) is 36.5 Å². The number of carbonyl (C=O) groups excluding carboxylic acids is 1. The highest BCUT2D eigenvalue weighted by Crippen LogP contribution is 2.17. The van der Waals surface area contributed by atoms with E-state index in [1.807, 2.05) is 6.08 Å². The number of hydrogen-bond donors (Lipinski definition) is 3. The van der Waals surface area contributed by atoms with Gasteiger partial charge in [0, 0.05) is 6.42 Å². The Kier molecular flexibility index (Phi) is 48.8. The summed E-state index contributed by atoms with van der Waals surface area (Å²) in [5.41, 5.74) is 0. The fraction of sp³-hybridized carbons (Fsp3) is 0.870. The summed E-state index contributed by atoms with van der Waals surface area (Å²) >= 11 is 0. The van der Waals surface area contributed by atoms with Gasteiger partial charge in [-0.2, -0.15) is 0 Å². The van der Waals surface area contributed by atoms with Crippen molar-refractivity contribution in [2.24, 2.45) is 0 Å². The molecule has 0 spiro atoms. The van der Waals surface area contributed by atoms with Crippen molar-refractivity contribution in [2.75, 3.05) is 6.61 Å². The smallest absolute Gasteiger partial charge is 0.220 e. The summed E-state index contributed by atoms with van der Waals surface area (Å²) in [5, 5.41) is 23.1. The standard InChI is InChI=1S/C54H103NO3/c1-3-5-7-9-11-13-15-17-19-21-23-24-25-26-27-28-29-30-31-32-33-35-37-39-41-43-45-47-49-53(57)52(51-56)55-54(58)50-48-46-44-42-40-38-36-34-22-20-18-16-14-12-10-8-6-4-2/h32-33,39,41,47,49,52-53,56-57H,3-31,34-38,40,42-46,48,50-51H2,1-2H3,(H,55,58)/b33-32+,41-39+,49-47+. The average Bonchev–Trinajstić information content (AvgIpc) is 3.23. The lowest BCUT2D eigenvalue weighted by Gasteiger charge is -2.19. The van der Waals surface area contributed by atoms with Gasteiger partial charge >= 0.3 is 0 Å². The summed E-state index contributed by atoms with van der Waals surface area (Å²) in [7, 11) is 0. The highest BCUT2D eigenvalue weighted by molar-refractivity contribution is 5.76. The van der Waals surface area contributed by atoms with E-state index in [2.05, 4.69) is 43.5 Å². The molecule has 0 aromatic rings. The van der Waals surface area contributed by atoms with E-state index in [4.69, 9.17) is 0 Å². The molecule has 0 saturated carbocycles. The molecule has 2 atom stereocenters. The molecule has 0 aromatic heterocycles. The van der Waals surface area contributed by atoms with Gasteiger partial charge in [0.2, 0.25) is 5.91 Å². The molecule has 0 radical (unpaired) electrons. The summed E-state index contributed by atoms with van der Waals surface area (Å²) in [6.07, 6.45) is 67.2. The van der Waals surface area contributed by atoms with Crippen LogP contribution in [-0.4, -0.2) is 34.9 Å². The minimum absolute atomic E-state index is 0.0737. The van der Waals surface area contributed by atoms with Crippen LogP contribution in [0.5, 0.6) is 0 Å². The van der Waals surface area contributed by atoms with Gasteiger partial charge in [0.1, 0.15) is 0 Å². The van der Waals surface area contributed by atoms with Crippen LogP contribution < -0.4 is 5.32 Å². The molecule has 0 bridgehead atoms. The predicted octanol–water partition coefficient (Wildman–Crippen LogP) is 16.9. The van der Waals surface area contributed by atoms with E-state index in [1.165, 1.54) is 225 Å². The topological polar surface area (TPSA) is 69.6 Å². The van der Waals surface area contributed by atoms with Crippen molar-refractivity contribution in [3.63, 3.8) is 0 Å². The summed E-state index contributed by atoms with van der Waals surface area (Å²) < 4.78 is 0. The van der Waals surface area contributed by atoms with Gasteiger partial charge in [-0.25, -0.2) is 0 Å². The second-order valence-electron chi connectivity index (χ2n) is 17.9. The molecule has 0 aliphatic carbocycles. The number of amides is 1. The molecule has 2 unspecified atom stereocenters. The van der Waals surface area contributed by atoms with E-state index < -0.39 is 12.1 Å². The first-order valence-corrected chi connectivity index (χ1v) is 26.2. The fourth-order valence-corrected chi connectivity index (χ4v) is 8.10. The third kappa shape index (κ3) is 45.7. The summed E-state index contributed by atoms with van der Waals surface area (Å²) in [4.78, 5) is 12.4. The lowest BCUT2D eigenvalue weighted by atomic mass is 10.0. The van der Waals surface area contributed by atoms with Crippen molar-refractivity contribution in [1.82, 2.24) is 5.32 Å². The lowest BCUT2D eigenvalue weighted by molar-refractivity contribution is -0.123. The Labute approximate surface area is 363 Å². The van der Waals surface area contributed by atoms with E-state index in [1.54, 1.807) is 6.08 Å². The van der Waals surface area contributed by atoms with Crippen molar-refractivity contribution < 1.29 is 15.0 Å². The molecular weight excluding hydrogens is 711 g/mol. The van der Waals surface area contributed by atoms with E-state index in [9.17, 15) is 15.0 Å². The van der Waals surface area contributed by atoms with Gasteiger partial charge in [0.15, 0.2) is 0 Å². The van der Waals surface area contributed by atoms with Crippen LogP contribution >= 0.6 is 0 Å². The van der Waals surface area contributed by atoms with E-state index in [0.29, 0.717) is 6.42 Å². The first-order valence-electron chi connectivity index (χ1n) is 26.2. The number of rotatable bonds is 48. The molecule has 342 valence electrons. The third-order valence-corrected chi connectivity index (χ3v) is 12.1. The van der Waals surface area contributed by atoms with Crippen LogP contribution in [0.25, 0.3) is 0 Å². The molecular formula is C54H103NO3. The summed E-state index contributed by atoms with van der Waals surface area (Å²) in [6.45, 7) is 4.32. The maximum atomic E-state index is 12.4. The number of aliphatic hydroxyl groups is 2. The number of nitrogens with one attached hydrogen (secondary N) is 1. The first-order chi connectivity index (χ1) is 28.7. The third-order valence-electron chi connectivity index (χ3n) is 12.1. The zero-order valence-electron chi connectivity index (χ0n) is 39.3. The molecule has 1 amide bonds. The first kappa shape index (κ1) is 56.6. The Morgan fingerprint density at radius 2 is 0.672 bits per heavy atom. The minimum atomic E-state index is -0.868. The molecule has 0 aromatic carbocycles. The second kappa shape index (κ2) is 50.0. The normalized spacial score (nSPS) is 13.1. The molecule has 0 heterocycles. The number of carbonyl (C=O) groups is 1. The maximum Gasteiger partial charge on any atom is 0.220 e. The Bertz CT molecular complexity index is 882. The van der Waals surface area contributed by atoms with Gasteiger partial charge in [-0.3, -0.25) is 4.79 Å². The number of allylic oxidation sites excluding steroid dienone is 5. The van der Waals surface area contributed by atoms with Gasteiger partial charge in [-0.1, -0.05) is 269 Å². The Hall–Kier alpha value is -1.39. The van der Waals surface area contributed by atoms with Gasteiger partial charge < -0.3 is 15.5 Å². The number of unbranched alkanes of at least 4 members (excludes halogenated alkanes) is 37. The van der Waals surface area contributed by atoms with Crippen LogP contribution in [0.1, 0.15) is 284 Å². The molecule has 0 aliphatic heterocycles. The molecule has 0 fully saturated rings. The molecule has 4 nitrogen and oxygen atoms in total. The van der Waals surface area contributed by atoms with E-state index in [0.717, 1.165) is 38.5 Å². The van der Waals surface area contributed by atoms with Crippen molar-refractivity contribution in [3.8, 4) is 0 Å². The Balaban J connectivity index is 3.55. The molecule has 4 heteroatoms. The number of hydrogen-bond acceptors (Lipinski definition) is 3. The van der Waals surface area contributed by atoms with Crippen LogP contribution in [0.4, 0.5) is 0 Å². The Morgan fingerprint density at radius 3 is 1.00 bits per heavy atom. The quantitative estimate of drug-likeness (QED) is 0.0423. The molecule has 0 aliphatic rings. The molecule has 0 saturated heterocycles. The highest BCUT2D eigenvalue weighted by atomic mass is 16.3. The van der Waals surface area contributed by atoms with Crippen molar-refractivity contribution in [3.05, 3.63) is 36.5 Å². The van der Waals surface area contributed by atoms with Crippen molar-refractivity contribution in [2.45, 2.75) is 296 Å². The monoisotopic (exact) mass is 814 g/mol. The molecule has 0 rings (SSSR count). The largest absolute Gasteiger partial charge is 0.394 e. The van der Waals surface area contributed by atoms with Crippen LogP contribution in [0, 0.1) is 0 Å². The fourth-order valence-electron chi connectivity index (χ4n) is 8.10. The van der Waals surface area contributed by atoms with E-state index in [-0.39, 0.29) is 12.5 Å². The zero-order chi connectivity index (χ0) is 42.1. The maximum absolute atomic E-state index is 12.4. The molecule has 58 heavy (non-hydrogen) atoms. The van der Waals surface area contributed by atoms with Gasteiger partial charge in [0.25, 0.3) is 0 Å². The zero-order valence-corrected chi connectivity index (χ0v) is 39.3. The SMILES string of the molecule is CCCCCCCCCCCCCCCCCCCC/C=C/CC/C=C/CC/C=C/C(O)C(CO)NC(=O)CCCCCCCCCCCCCCCCCCCC. The average molecular weight is 814 g/mol. The van der Waals surface area contributed by atoms with Crippen LogP contribution in [0.3, 0.4) is 0 Å². The minimum Gasteiger partial charge on any atom is -0.394 e. The lowest BCUT2D eigenvalue weighted by Crippen LogP contribution is -2.45. The predicted molar refractivity (Wildman–Crippen MR) is 258 cm³/mol. The highest BCUT2D eigenvalue weighted by Gasteiger charge is 2.17. The number of aliphatic hydroxyl groups excluding tert-OH is 2. The van der Waals surface area contributed by atoms with Crippen molar-refractivity contribution >= 4 is 5.91 Å². The second-order valence-corrected chi connectivity index (χ2v) is 17.9. The van der Waals surface area contributed by atoms with Crippen LogP contribution in [0.2, 0.25) is 0 Å². The molecule has 3 N–H and O–H groups in total. The van der Waals surface area contributed by atoms with Crippen LogP contribution in [-0.2, 0) is 4.79 Å². The van der Waals surface area contributed by atoms with Crippen molar-refractivity contribution in [1.29, 1.82) is 0 Å². The Morgan fingerprint density at radius 1 is 0.397 bits per heavy atom. The van der Waals surface area contributed by atoms with Gasteiger partial charge in [-0.15, -0.1) is 0 Å². The van der Waals surface area contributed by atoms with E-state index >= 15 is 0 Å². The van der Waals surface area contributed by atoms with Gasteiger partial charge in [0.05, 0.1) is 18.8 Å².